The van der Waals surface area contributed by atoms with E-state index in [0.29, 0.717) is 6.54 Å². The van der Waals surface area contributed by atoms with Crippen LogP contribution in [0.1, 0.15) is 29.7 Å². The molecule has 1 atom stereocenters. The van der Waals surface area contributed by atoms with E-state index in [4.69, 9.17) is 0 Å². The summed E-state index contributed by atoms with van der Waals surface area (Å²) in [7, 11) is 0. The third-order valence-electron chi connectivity index (χ3n) is 3.32. The molecule has 112 valence electrons. The summed E-state index contributed by atoms with van der Waals surface area (Å²) < 4.78 is 55.1. The van der Waals surface area contributed by atoms with Gasteiger partial charge in [-0.3, -0.25) is 0 Å². The lowest BCUT2D eigenvalue weighted by Crippen LogP contribution is -2.24. The molecule has 1 nitrogen and oxygen atoms in total. The fourth-order valence-electron chi connectivity index (χ4n) is 2.22. The minimum absolute atomic E-state index is 0.0514. The van der Waals surface area contributed by atoms with Crippen LogP contribution in [0.15, 0.2) is 30.3 Å². The largest absolute Gasteiger partial charge is 0.306 e. The van der Waals surface area contributed by atoms with Crippen LogP contribution in [0.2, 0.25) is 0 Å². The molecule has 1 N–H and O–H groups in total. The van der Waals surface area contributed by atoms with Crippen molar-refractivity contribution in [3.8, 4) is 0 Å². The minimum Gasteiger partial charge on any atom is -0.306 e. The maximum absolute atomic E-state index is 14.1. The molecule has 2 rings (SSSR count). The molecule has 21 heavy (non-hydrogen) atoms. The molecule has 5 heteroatoms. The minimum atomic E-state index is -1.07. The summed E-state index contributed by atoms with van der Waals surface area (Å²) in [5.74, 6) is -4.12. The van der Waals surface area contributed by atoms with Crippen LogP contribution < -0.4 is 5.32 Å². The van der Waals surface area contributed by atoms with Crippen molar-refractivity contribution in [2.45, 2.75) is 19.9 Å². The standard InChI is InChI=1S/C16H15F4N/c1-3-21-16(10-5-4-6-12(17)14(10)19)11-8-7-9(2)13(18)15(11)20/h4-8,16,21H,3H2,1-2H3. The fourth-order valence-corrected chi connectivity index (χ4v) is 2.22. The van der Waals surface area contributed by atoms with E-state index < -0.39 is 29.3 Å². The molecule has 0 amide bonds. The SMILES string of the molecule is CCNC(c1cccc(F)c1F)c1ccc(C)c(F)c1F. The number of halogens is 4. The second-order valence-electron chi connectivity index (χ2n) is 4.73. The summed E-state index contributed by atoms with van der Waals surface area (Å²) in [6.07, 6.45) is 0. The van der Waals surface area contributed by atoms with E-state index in [1.54, 1.807) is 6.92 Å². The maximum Gasteiger partial charge on any atom is 0.164 e. The van der Waals surface area contributed by atoms with Crippen molar-refractivity contribution in [2.75, 3.05) is 6.54 Å². The zero-order chi connectivity index (χ0) is 15.6. The topological polar surface area (TPSA) is 12.0 Å². The first-order valence-electron chi connectivity index (χ1n) is 6.59. The van der Waals surface area contributed by atoms with Gasteiger partial charge in [-0.25, -0.2) is 17.6 Å². The Morgan fingerprint density at radius 3 is 2.24 bits per heavy atom. The molecule has 2 aromatic carbocycles. The van der Waals surface area contributed by atoms with E-state index in [9.17, 15) is 17.6 Å². The van der Waals surface area contributed by atoms with E-state index in [1.165, 1.54) is 31.2 Å². The van der Waals surface area contributed by atoms with E-state index in [-0.39, 0.29) is 16.7 Å². The second kappa shape index (κ2) is 6.26. The first-order chi connectivity index (χ1) is 9.97. The van der Waals surface area contributed by atoms with Crippen LogP contribution in [0.5, 0.6) is 0 Å². The van der Waals surface area contributed by atoms with Gasteiger partial charge >= 0.3 is 0 Å². The number of hydrogen-bond acceptors (Lipinski definition) is 1. The average Bonchev–Trinajstić information content (AvgIpc) is 2.46. The van der Waals surface area contributed by atoms with Crippen LogP contribution >= 0.6 is 0 Å². The van der Waals surface area contributed by atoms with Crippen molar-refractivity contribution < 1.29 is 17.6 Å². The Balaban J connectivity index is 2.59. The predicted octanol–water partition coefficient (Wildman–Crippen LogP) is 4.25. The zero-order valence-electron chi connectivity index (χ0n) is 11.7. The predicted molar refractivity (Wildman–Crippen MR) is 73.0 cm³/mol. The van der Waals surface area contributed by atoms with Crippen molar-refractivity contribution in [2.24, 2.45) is 0 Å². The number of aryl methyl sites for hydroxylation is 1. The molecule has 0 aromatic heterocycles. The van der Waals surface area contributed by atoms with Crippen molar-refractivity contribution in [1.29, 1.82) is 0 Å². The van der Waals surface area contributed by atoms with Gasteiger partial charge in [0, 0.05) is 11.1 Å². The summed E-state index contributed by atoms with van der Waals surface area (Å²) >= 11 is 0. The van der Waals surface area contributed by atoms with Crippen LogP contribution in [0, 0.1) is 30.2 Å². The van der Waals surface area contributed by atoms with Crippen LogP contribution in [-0.2, 0) is 0 Å². The van der Waals surface area contributed by atoms with Crippen LogP contribution in [0.25, 0.3) is 0 Å². The zero-order valence-corrected chi connectivity index (χ0v) is 11.7. The Hall–Kier alpha value is -1.88. The van der Waals surface area contributed by atoms with Crippen LogP contribution in [-0.4, -0.2) is 6.54 Å². The Labute approximate surface area is 120 Å². The number of benzene rings is 2. The highest BCUT2D eigenvalue weighted by molar-refractivity contribution is 5.36. The van der Waals surface area contributed by atoms with E-state index >= 15 is 0 Å². The van der Waals surface area contributed by atoms with Crippen molar-refractivity contribution in [3.63, 3.8) is 0 Å². The molecule has 0 fully saturated rings. The van der Waals surface area contributed by atoms with Crippen molar-refractivity contribution in [1.82, 2.24) is 5.32 Å². The molecule has 2 aromatic rings. The van der Waals surface area contributed by atoms with Gasteiger partial charge in [-0.1, -0.05) is 31.2 Å². The lowest BCUT2D eigenvalue weighted by atomic mass is 9.96. The smallest absolute Gasteiger partial charge is 0.164 e. The molecule has 0 spiro atoms. The summed E-state index contributed by atoms with van der Waals surface area (Å²) in [4.78, 5) is 0. The second-order valence-corrected chi connectivity index (χ2v) is 4.73. The molecule has 0 bridgehead atoms. The third-order valence-corrected chi connectivity index (χ3v) is 3.32. The molecular formula is C16H15F4N. The van der Waals surface area contributed by atoms with Gasteiger partial charge < -0.3 is 5.32 Å². The van der Waals surface area contributed by atoms with Crippen molar-refractivity contribution >= 4 is 0 Å². The normalized spacial score (nSPS) is 12.5. The van der Waals surface area contributed by atoms with E-state index in [0.717, 1.165) is 6.07 Å². The Morgan fingerprint density at radius 2 is 1.57 bits per heavy atom. The van der Waals surface area contributed by atoms with Crippen LogP contribution in [0.3, 0.4) is 0 Å². The average molecular weight is 297 g/mol. The first-order valence-corrected chi connectivity index (χ1v) is 6.59. The molecule has 0 radical (unpaired) electrons. The van der Waals surface area contributed by atoms with Crippen molar-refractivity contribution in [3.05, 3.63) is 70.3 Å². The highest BCUT2D eigenvalue weighted by Crippen LogP contribution is 2.29. The van der Waals surface area contributed by atoms with Gasteiger partial charge in [0.2, 0.25) is 0 Å². The highest BCUT2D eigenvalue weighted by Gasteiger charge is 2.24. The lowest BCUT2D eigenvalue weighted by molar-refractivity contribution is 0.460. The summed E-state index contributed by atoms with van der Waals surface area (Å²) in [5.41, 5.74) is 0.0506. The molecular weight excluding hydrogens is 282 g/mol. The van der Waals surface area contributed by atoms with E-state index in [1.807, 2.05) is 0 Å². The van der Waals surface area contributed by atoms with Gasteiger partial charge in [0.15, 0.2) is 23.3 Å². The first kappa shape index (κ1) is 15.5. The Kier molecular flexibility index (Phi) is 4.63. The Bertz CT molecular complexity index is 655. The monoisotopic (exact) mass is 297 g/mol. The van der Waals surface area contributed by atoms with Gasteiger partial charge in [0.25, 0.3) is 0 Å². The molecule has 0 aliphatic rings. The lowest BCUT2D eigenvalue weighted by Gasteiger charge is -2.21. The number of hydrogen-bond donors (Lipinski definition) is 1. The number of nitrogens with one attached hydrogen (secondary N) is 1. The number of rotatable bonds is 4. The quantitative estimate of drug-likeness (QED) is 0.832. The fraction of sp³-hybridized carbons (Fsp3) is 0.250. The molecule has 0 aliphatic carbocycles. The summed E-state index contributed by atoms with van der Waals surface area (Å²) in [5, 5.41) is 2.86. The van der Waals surface area contributed by atoms with Gasteiger partial charge in [-0.05, 0) is 25.1 Å². The molecule has 0 aliphatic heterocycles. The van der Waals surface area contributed by atoms with Crippen LogP contribution in [0.4, 0.5) is 17.6 Å². The van der Waals surface area contributed by atoms with Gasteiger partial charge in [-0.2, -0.15) is 0 Å². The van der Waals surface area contributed by atoms with Gasteiger partial charge in [-0.15, -0.1) is 0 Å². The molecule has 0 heterocycles. The van der Waals surface area contributed by atoms with Gasteiger partial charge in [0.1, 0.15) is 0 Å². The highest BCUT2D eigenvalue weighted by atomic mass is 19.2. The maximum atomic E-state index is 14.1. The summed E-state index contributed by atoms with van der Waals surface area (Å²) in [6, 6.07) is 5.50. The van der Waals surface area contributed by atoms with E-state index in [2.05, 4.69) is 5.32 Å². The Morgan fingerprint density at radius 1 is 0.905 bits per heavy atom. The molecule has 1 unspecified atom stereocenters. The third kappa shape index (κ3) is 2.93. The van der Waals surface area contributed by atoms with Gasteiger partial charge in [0.05, 0.1) is 6.04 Å². The molecule has 0 saturated carbocycles. The molecule has 0 saturated heterocycles. The summed E-state index contributed by atoms with van der Waals surface area (Å²) in [6.45, 7) is 3.56.